The Morgan fingerprint density at radius 3 is 2.52 bits per heavy atom. The first-order chi connectivity index (χ1) is 14.7. The SMILES string of the molecule is COc1cn(-c2cccc(C(F)(F)F)c2)nc1C(=O)NCC1(c2ccc(F)cc2)CC1. The fourth-order valence-electron chi connectivity index (χ4n) is 3.48. The molecule has 9 heteroatoms. The van der Waals surface area contributed by atoms with Crippen LogP contribution in [0.5, 0.6) is 5.75 Å². The Morgan fingerprint density at radius 2 is 1.90 bits per heavy atom. The van der Waals surface area contributed by atoms with E-state index in [9.17, 15) is 22.4 Å². The summed E-state index contributed by atoms with van der Waals surface area (Å²) in [5, 5.41) is 6.96. The lowest BCUT2D eigenvalue weighted by atomic mass is 9.96. The predicted octanol–water partition coefficient (Wildman–Crippen LogP) is 4.50. The maximum Gasteiger partial charge on any atom is 0.416 e. The first-order valence-corrected chi connectivity index (χ1v) is 9.57. The van der Waals surface area contributed by atoms with Gasteiger partial charge in [-0.2, -0.15) is 18.3 Å². The van der Waals surface area contributed by atoms with Gasteiger partial charge in [0, 0.05) is 12.0 Å². The minimum absolute atomic E-state index is 0.0326. The van der Waals surface area contributed by atoms with Crippen molar-refractivity contribution in [2.75, 3.05) is 13.7 Å². The molecule has 1 aromatic heterocycles. The number of hydrogen-bond acceptors (Lipinski definition) is 3. The lowest BCUT2D eigenvalue weighted by Crippen LogP contribution is -2.32. The number of alkyl halides is 3. The van der Waals surface area contributed by atoms with E-state index in [0.717, 1.165) is 30.5 Å². The van der Waals surface area contributed by atoms with Gasteiger partial charge in [-0.3, -0.25) is 4.79 Å². The van der Waals surface area contributed by atoms with Crippen LogP contribution in [-0.4, -0.2) is 29.3 Å². The molecule has 1 fully saturated rings. The van der Waals surface area contributed by atoms with Crippen molar-refractivity contribution in [1.29, 1.82) is 0 Å². The molecule has 1 N–H and O–H groups in total. The number of aromatic nitrogens is 2. The van der Waals surface area contributed by atoms with Gasteiger partial charge in [-0.05, 0) is 48.7 Å². The number of amides is 1. The molecule has 0 bridgehead atoms. The smallest absolute Gasteiger partial charge is 0.416 e. The van der Waals surface area contributed by atoms with E-state index < -0.39 is 17.6 Å². The first-order valence-electron chi connectivity index (χ1n) is 9.57. The van der Waals surface area contributed by atoms with E-state index in [-0.39, 0.29) is 28.4 Å². The van der Waals surface area contributed by atoms with Gasteiger partial charge in [0.25, 0.3) is 5.91 Å². The van der Waals surface area contributed by atoms with E-state index in [1.807, 2.05) is 0 Å². The molecule has 5 nitrogen and oxygen atoms in total. The molecule has 1 aliphatic rings. The molecular weight excluding hydrogens is 414 g/mol. The topological polar surface area (TPSA) is 56.2 Å². The van der Waals surface area contributed by atoms with Crippen LogP contribution in [0.2, 0.25) is 0 Å². The van der Waals surface area contributed by atoms with Crippen LogP contribution < -0.4 is 10.1 Å². The van der Waals surface area contributed by atoms with E-state index in [4.69, 9.17) is 4.74 Å². The number of ether oxygens (including phenoxy) is 1. The van der Waals surface area contributed by atoms with Crippen molar-refractivity contribution in [2.24, 2.45) is 0 Å². The number of nitrogens with zero attached hydrogens (tertiary/aromatic N) is 2. The second-order valence-corrected chi connectivity index (χ2v) is 7.51. The zero-order chi connectivity index (χ0) is 22.2. The Hall–Kier alpha value is -3.36. The Bertz CT molecular complexity index is 1100. The molecule has 0 spiro atoms. The fraction of sp³-hybridized carbons (Fsp3) is 0.273. The van der Waals surface area contributed by atoms with Crippen molar-refractivity contribution < 1.29 is 27.1 Å². The van der Waals surface area contributed by atoms with Crippen LogP contribution >= 0.6 is 0 Å². The van der Waals surface area contributed by atoms with Crippen molar-refractivity contribution in [3.8, 4) is 11.4 Å². The first kappa shape index (κ1) is 20.9. The molecule has 31 heavy (non-hydrogen) atoms. The van der Waals surface area contributed by atoms with Gasteiger partial charge in [-0.15, -0.1) is 0 Å². The highest BCUT2D eigenvalue weighted by molar-refractivity contribution is 5.95. The molecule has 3 aromatic rings. The zero-order valence-corrected chi connectivity index (χ0v) is 16.5. The fourth-order valence-corrected chi connectivity index (χ4v) is 3.48. The van der Waals surface area contributed by atoms with E-state index >= 15 is 0 Å². The van der Waals surface area contributed by atoms with Gasteiger partial charge in [0.05, 0.1) is 24.6 Å². The van der Waals surface area contributed by atoms with E-state index in [2.05, 4.69) is 10.4 Å². The summed E-state index contributed by atoms with van der Waals surface area (Å²) >= 11 is 0. The molecule has 0 atom stereocenters. The van der Waals surface area contributed by atoms with Crippen LogP contribution in [0, 0.1) is 5.82 Å². The van der Waals surface area contributed by atoms with Crippen LogP contribution in [0.1, 0.15) is 34.5 Å². The Labute approximate surface area is 175 Å². The molecule has 1 saturated carbocycles. The van der Waals surface area contributed by atoms with Crippen LogP contribution in [0.25, 0.3) is 5.69 Å². The highest BCUT2D eigenvalue weighted by Crippen LogP contribution is 2.47. The molecule has 1 amide bonds. The van der Waals surface area contributed by atoms with E-state index in [0.29, 0.717) is 6.54 Å². The van der Waals surface area contributed by atoms with Gasteiger partial charge >= 0.3 is 6.18 Å². The number of nitrogens with one attached hydrogen (secondary N) is 1. The molecule has 2 aromatic carbocycles. The molecule has 0 radical (unpaired) electrons. The van der Waals surface area contributed by atoms with Crippen LogP contribution in [0.15, 0.2) is 54.7 Å². The van der Waals surface area contributed by atoms with Crippen molar-refractivity contribution >= 4 is 5.91 Å². The molecule has 4 rings (SSSR count). The number of hydrogen-bond donors (Lipinski definition) is 1. The van der Waals surface area contributed by atoms with E-state index in [1.165, 1.54) is 42.3 Å². The number of carbonyl (C=O) groups is 1. The van der Waals surface area contributed by atoms with Crippen molar-refractivity contribution in [2.45, 2.75) is 24.4 Å². The highest BCUT2D eigenvalue weighted by atomic mass is 19.4. The van der Waals surface area contributed by atoms with Crippen molar-refractivity contribution in [3.05, 3.63) is 77.4 Å². The molecular formula is C22H19F4N3O2. The third-order valence-corrected chi connectivity index (χ3v) is 5.45. The average molecular weight is 433 g/mol. The number of rotatable bonds is 6. The molecule has 0 aliphatic heterocycles. The maximum absolute atomic E-state index is 13.2. The summed E-state index contributed by atoms with van der Waals surface area (Å²) in [6.07, 6.45) is -1.42. The van der Waals surface area contributed by atoms with Gasteiger partial charge < -0.3 is 10.1 Å². The van der Waals surface area contributed by atoms with Crippen molar-refractivity contribution in [3.63, 3.8) is 0 Å². The van der Waals surface area contributed by atoms with Crippen LogP contribution in [-0.2, 0) is 11.6 Å². The number of halogens is 4. The summed E-state index contributed by atoms with van der Waals surface area (Å²) in [6, 6.07) is 10.8. The summed E-state index contributed by atoms with van der Waals surface area (Å²) in [5.74, 6) is -0.689. The third kappa shape index (κ3) is 4.26. The zero-order valence-electron chi connectivity index (χ0n) is 16.5. The molecule has 1 aliphatic carbocycles. The third-order valence-electron chi connectivity index (χ3n) is 5.45. The Balaban J connectivity index is 1.53. The normalized spacial score (nSPS) is 14.9. The van der Waals surface area contributed by atoms with Gasteiger partial charge in [0.1, 0.15) is 5.82 Å². The molecule has 0 unspecified atom stereocenters. The molecule has 0 saturated heterocycles. The lowest BCUT2D eigenvalue weighted by Gasteiger charge is -2.16. The Morgan fingerprint density at radius 1 is 1.19 bits per heavy atom. The average Bonchev–Trinajstić information content (AvgIpc) is 3.41. The van der Waals surface area contributed by atoms with Crippen molar-refractivity contribution in [1.82, 2.24) is 15.1 Å². The summed E-state index contributed by atoms with van der Waals surface area (Å²) in [7, 11) is 1.35. The minimum atomic E-state index is -4.49. The standard InChI is InChI=1S/C22H19F4N3O2/c1-31-18-12-29(17-4-2-3-15(11-17)22(24,25)26)28-19(18)20(30)27-13-21(9-10-21)14-5-7-16(23)8-6-14/h2-8,11-12H,9-10,13H2,1H3,(H,27,30). The lowest BCUT2D eigenvalue weighted by molar-refractivity contribution is -0.137. The second-order valence-electron chi connectivity index (χ2n) is 7.51. The number of benzene rings is 2. The van der Waals surface area contributed by atoms with E-state index in [1.54, 1.807) is 12.1 Å². The quantitative estimate of drug-likeness (QED) is 0.583. The minimum Gasteiger partial charge on any atom is -0.493 e. The summed E-state index contributed by atoms with van der Waals surface area (Å²) in [5.41, 5.74) is -0.0108. The maximum atomic E-state index is 13.2. The van der Waals surface area contributed by atoms with Gasteiger partial charge in [-0.25, -0.2) is 9.07 Å². The summed E-state index contributed by atoms with van der Waals surface area (Å²) in [6.45, 7) is 0.330. The summed E-state index contributed by atoms with van der Waals surface area (Å²) in [4.78, 5) is 12.7. The van der Waals surface area contributed by atoms with Gasteiger partial charge in [-0.1, -0.05) is 18.2 Å². The second kappa shape index (κ2) is 7.72. The molecule has 162 valence electrons. The monoisotopic (exact) mass is 433 g/mol. The summed E-state index contributed by atoms with van der Waals surface area (Å²) < 4.78 is 58.6. The van der Waals surface area contributed by atoms with Crippen LogP contribution in [0.4, 0.5) is 17.6 Å². The van der Waals surface area contributed by atoms with Gasteiger partial charge in [0.15, 0.2) is 11.4 Å². The largest absolute Gasteiger partial charge is 0.493 e. The van der Waals surface area contributed by atoms with Crippen LogP contribution in [0.3, 0.4) is 0 Å². The molecule has 1 heterocycles. The number of methoxy groups -OCH3 is 1. The highest BCUT2D eigenvalue weighted by Gasteiger charge is 2.44. The Kier molecular flexibility index (Phi) is 5.20. The number of carbonyl (C=O) groups excluding carboxylic acids is 1. The van der Waals surface area contributed by atoms with Gasteiger partial charge in [0.2, 0.25) is 0 Å². The predicted molar refractivity (Wildman–Crippen MR) is 105 cm³/mol.